The van der Waals surface area contributed by atoms with E-state index in [4.69, 9.17) is 10.5 Å². The SMILES string of the molecule is CC1(C)C2OCCCC2C1(N)C(=O)N1CCC(O)(C(F)(F)F)C1.Cl. The van der Waals surface area contributed by atoms with Gasteiger partial charge in [-0.2, -0.15) is 13.2 Å². The average Bonchev–Trinajstić information content (AvgIpc) is 2.89. The van der Waals surface area contributed by atoms with Gasteiger partial charge in [-0.25, -0.2) is 0 Å². The quantitative estimate of drug-likeness (QED) is 0.730. The Balaban J connectivity index is 0.00000208. The summed E-state index contributed by atoms with van der Waals surface area (Å²) in [4.78, 5) is 14.0. The molecule has 2 heterocycles. The summed E-state index contributed by atoms with van der Waals surface area (Å²) in [5.41, 5.74) is 1.70. The number of carbonyl (C=O) groups is 1. The predicted octanol–water partition coefficient (Wildman–Crippen LogP) is 1.47. The van der Waals surface area contributed by atoms with Gasteiger partial charge in [-0.1, -0.05) is 13.8 Å². The van der Waals surface area contributed by atoms with Crippen LogP contribution in [0.5, 0.6) is 0 Å². The van der Waals surface area contributed by atoms with Crippen LogP contribution < -0.4 is 5.73 Å². The van der Waals surface area contributed by atoms with Crippen LogP contribution in [-0.2, 0) is 9.53 Å². The van der Waals surface area contributed by atoms with Gasteiger partial charge in [0, 0.05) is 30.9 Å². The first-order valence-electron chi connectivity index (χ1n) is 7.94. The first-order valence-corrected chi connectivity index (χ1v) is 7.94. The second-order valence-corrected chi connectivity index (χ2v) is 7.64. The van der Waals surface area contributed by atoms with Gasteiger partial charge in [-0.3, -0.25) is 4.79 Å². The van der Waals surface area contributed by atoms with Crippen LogP contribution in [0.15, 0.2) is 0 Å². The van der Waals surface area contributed by atoms with Crippen LogP contribution in [0.3, 0.4) is 0 Å². The maximum atomic E-state index is 13.0. The lowest BCUT2D eigenvalue weighted by atomic mass is 9.46. The van der Waals surface area contributed by atoms with Gasteiger partial charge in [-0.15, -0.1) is 12.4 Å². The molecule has 9 heteroatoms. The Bertz CT molecular complexity index is 531. The second-order valence-electron chi connectivity index (χ2n) is 7.64. The van der Waals surface area contributed by atoms with Crippen molar-refractivity contribution in [1.82, 2.24) is 4.90 Å². The number of ether oxygens (including phenoxy) is 1. The summed E-state index contributed by atoms with van der Waals surface area (Å²) in [6, 6.07) is 0. The van der Waals surface area contributed by atoms with Crippen LogP contribution in [0.25, 0.3) is 0 Å². The number of alkyl halides is 3. The minimum Gasteiger partial charge on any atom is -0.379 e. The van der Waals surface area contributed by atoms with Crippen LogP contribution >= 0.6 is 12.4 Å². The van der Waals surface area contributed by atoms with Gasteiger partial charge in [0.25, 0.3) is 0 Å². The number of nitrogens with zero attached hydrogens (tertiary/aromatic N) is 1. The number of nitrogens with two attached hydrogens (primary N) is 1. The number of β-amino-alcohol motifs (C(OH)–C–C–N with tert-alkyl or cyclic N) is 1. The van der Waals surface area contributed by atoms with Crippen molar-refractivity contribution in [2.45, 2.75) is 56.5 Å². The molecule has 1 amide bonds. The molecule has 0 aromatic carbocycles. The van der Waals surface area contributed by atoms with E-state index in [9.17, 15) is 23.1 Å². The number of hydrogen-bond acceptors (Lipinski definition) is 4. The number of halogens is 4. The Hall–Kier alpha value is -0.570. The third-order valence-corrected chi connectivity index (χ3v) is 6.10. The Labute approximate surface area is 145 Å². The van der Waals surface area contributed by atoms with Crippen molar-refractivity contribution < 1.29 is 27.8 Å². The average molecular weight is 373 g/mol. The number of fused-ring (bicyclic) bond motifs is 1. The lowest BCUT2D eigenvalue weighted by Gasteiger charge is -2.65. The first-order chi connectivity index (χ1) is 10.5. The summed E-state index contributed by atoms with van der Waals surface area (Å²) in [5, 5.41) is 9.78. The molecule has 0 spiro atoms. The van der Waals surface area contributed by atoms with Crippen LogP contribution in [0.2, 0.25) is 0 Å². The largest absolute Gasteiger partial charge is 0.419 e. The summed E-state index contributed by atoms with van der Waals surface area (Å²) in [6.45, 7) is 3.38. The molecule has 4 unspecified atom stereocenters. The maximum Gasteiger partial charge on any atom is 0.419 e. The lowest BCUT2D eigenvalue weighted by Crippen LogP contribution is -2.82. The fraction of sp³-hybridized carbons (Fsp3) is 0.933. The fourth-order valence-electron chi connectivity index (χ4n) is 4.47. The number of aliphatic hydroxyl groups is 1. The van der Waals surface area contributed by atoms with Crippen molar-refractivity contribution in [3.05, 3.63) is 0 Å². The molecule has 2 saturated heterocycles. The number of rotatable bonds is 1. The Morgan fingerprint density at radius 3 is 2.54 bits per heavy atom. The van der Waals surface area contributed by atoms with E-state index >= 15 is 0 Å². The first kappa shape index (κ1) is 19.8. The molecule has 0 bridgehead atoms. The van der Waals surface area contributed by atoms with Gasteiger partial charge in [0.15, 0.2) is 5.60 Å². The molecule has 2 aliphatic heterocycles. The highest BCUT2D eigenvalue weighted by Crippen LogP contribution is 2.58. The van der Waals surface area contributed by atoms with E-state index in [0.29, 0.717) is 6.61 Å². The molecular formula is C15H24ClF3N2O3. The highest BCUT2D eigenvalue weighted by molar-refractivity contribution is 5.90. The minimum absolute atomic E-state index is 0. The minimum atomic E-state index is -4.75. The zero-order valence-electron chi connectivity index (χ0n) is 13.7. The van der Waals surface area contributed by atoms with Crippen molar-refractivity contribution in [2.75, 3.05) is 19.7 Å². The van der Waals surface area contributed by atoms with Gasteiger partial charge < -0.3 is 20.5 Å². The molecule has 3 rings (SSSR count). The van der Waals surface area contributed by atoms with Crippen LogP contribution in [0.1, 0.15) is 33.1 Å². The van der Waals surface area contributed by atoms with Crippen molar-refractivity contribution in [3.63, 3.8) is 0 Å². The number of amides is 1. The summed E-state index contributed by atoms with van der Waals surface area (Å²) >= 11 is 0. The van der Waals surface area contributed by atoms with Crippen molar-refractivity contribution >= 4 is 18.3 Å². The fourth-order valence-corrected chi connectivity index (χ4v) is 4.47. The molecule has 1 saturated carbocycles. The third-order valence-electron chi connectivity index (χ3n) is 6.10. The van der Waals surface area contributed by atoms with E-state index in [0.717, 1.165) is 17.7 Å². The number of hydrogen-bond donors (Lipinski definition) is 2. The van der Waals surface area contributed by atoms with Gasteiger partial charge >= 0.3 is 6.18 Å². The molecule has 3 aliphatic rings. The van der Waals surface area contributed by atoms with Crippen LogP contribution in [0, 0.1) is 11.3 Å². The van der Waals surface area contributed by atoms with Crippen LogP contribution in [0.4, 0.5) is 13.2 Å². The number of likely N-dealkylation sites (tertiary alicyclic amines) is 1. The molecule has 24 heavy (non-hydrogen) atoms. The summed E-state index contributed by atoms with van der Waals surface area (Å²) in [5.74, 6) is -0.687. The van der Waals surface area contributed by atoms with Crippen LogP contribution in [-0.4, -0.2) is 59.0 Å². The Kier molecular flexibility index (Phi) is 4.71. The van der Waals surface area contributed by atoms with Gasteiger partial charge in [0.05, 0.1) is 12.6 Å². The summed E-state index contributed by atoms with van der Waals surface area (Å²) < 4.78 is 44.6. The van der Waals surface area contributed by atoms with Crippen molar-refractivity contribution in [2.24, 2.45) is 17.1 Å². The van der Waals surface area contributed by atoms with Gasteiger partial charge in [-0.05, 0) is 12.8 Å². The molecule has 5 nitrogen and oxygen atoms in total. The molecule has 3 fully saturated rings. The lowest BCUT2D eigenvalue weighted by molar-refractivity contribution is -0.255. The second kappa shape index (κ2) is 5.72. The zero-order valence-corrected chi connectivity index (χ0v) is 14.5. The molecular weight excluding hydrogens is 349 g/mol. The predicted molar refractivity (Wildman–Crippen MR) is 82.6 cm³/mol. The molecule has 0 aromatic heterocycles. The molecule has 140 valence electrons. The molecule has 3 N–H and O–H groups in total. The number of carbonyl (C=O) groups excluding carboxylic acids is 1. The van der Waals surface area contributed by atoms with Crippen molar-refractivity contribution in [1.29, 1.82) is 0 Å². The van der Waals surface area contributed by atoms with E-state index in [1.165, 1.54) is 0 Å². The smallest absolute Gasteiger partial charge is 0.379 e. The van der Waals surface area contributed by atoms with Gasteiger partial charge in [0.2, 0.25) is 5.91 Å². The van der Waals surface area contributed by atoms with E-state index in [1.54, 1.807) is 0 Å². The van der Waals surface area contributed by atoms with E-state index in [-0.39, 0.29) is 31.0 Å². The Morgan fingerprint density at radius 1 is 1.38 bits per heavy atom. The maximum absolute atomic E-state index is 13.0. The van der Waals surface area contributed by atoms with Gasteiger partial charge in [0.1, 0.15) is 5.54 Å². The monoisotopic (exact) mass is 372 g/mol. The van der Waals surface area contributed by atoms with E-state index < -0.39 is 41.6 Å². The normalized spacial score (nSPS) is 41.2. The highest BCUT2D eigenvalue weighted by atomic mass is 35.5. The zero-order chi connectivity index (χ0) is 17.3. The summed E-state index contributed by atoms with van der Waals surface area (Å²) in [6.07, 6.45) is -3.89. The topological polar surface area (TPSA) is 75.8 Å². The standard InChI is InChI=1S/C15H23F3N2O3.ClH/c1-12(2)10-9(4-3-7-23-10)14(12,19)11(21)20-6-5-13(22,8-20)15(16,17)18;/h9-10,22H,3-8,19H2,1-2H3;1H. The van der Waals surface area contributed by atoms with E-state index in [1.807, 2.05) is 13.8 Å². The third kappa shape index (κ3) is 2.37. The van der Waals surface area contributed by atoms with Crippen molar-refractivity contribution in [3.8, 4) is 0 Å². The molecule has 0 radical (unpaired) electrons. The highest BCUT2D eigenvalue weighted by Gasteiger charge is 2.72. The van der Waals surface area contributed by atoms with E-state index in [2.05, 4.69) is 0 Å². The Morgan fingerprint density at radius 2 is 2.00 bits per heavy atom. The molecule has 4 atom stereocenters. The summed E-state index contributed by atoms with van der Waals surface area (Å²) in [7, 11) is 0. The molecule has 0 aromatic rings. The molecule has 1 aliphatic carbocycles.